The Hall–Kier alpha value is -3.22. The second-order valence-corrected chi connectivity index (χ2v) is 10.5. The van der Waals surface area contributed by atoms with Crippen molar-refractivity contribution in [3.63, 3.8) is 0 Å². The van der Waals surface area contributed by atoms with Gasteiger partial charge in [0.2, 0.25) is 15.9 Å². The van der Waals surface area contributed by atoms with Gasteiger partial charge in [-0.05, 0) is 61.3 Å². The summed E-state index contributed by atoms with van der Waals surface area (Å²) in [5, 5.41) is 28.3. The van der Waals surface area contributed by atoms with Crippen molar-refractivity contribution in [1.29, 1.82) is 0 Å². The molecule has 5 N–H and O–H groups in total. The molecule has 0 bridgehead atoms. The molecule has 0 unspecified atom stereocenters. The molecule has 0 saturated carbocycles. The monoisotopic (exact) mass is 520 g/mol. The van der Waals surface area contributed by atoms with Gasteiger partial charge in [-0.25, -0.2) is 13.2 Å². The van der Waals surface area contributed by atoms with Crippen LogP contribution in [0, 0.1) is 6.92 Å². The minimum atomic E-state index is -4.06. The summed E-state index contributed by atoms with van der Waals surface area (Å²) in [5.41, 5.74) is 1.92. The van der Waals surface area contributed by atoms with E-state index in [9.17, 15) is 28.2 Å². The average Bonchev–Trinajstić information content (AvgIpc) is 3.32. The number of aromatic hydroxyl groups is 1. The number of amides is 1. The predicted octanol–water partition coefficient (Wildman–Crippen LogP) is 1.58. The number of sulfonamides is 1. The summed E-state index contributed by atoms with van der Waals surface area (Å²) in [7, 11) is -2.38. The fourth-order valence-corrected chi connectivity index (χ4v) is 5.59. The van der Waals surface area contributed by atoms with E-state index in [0.717, 1.165) is 16.1 Å². The van der Waals surface area contributed by atoms with Gasteiger partial charge < -0.3 is 26.2 Å². The Bertz CT molecular complexity index is 1220. The first-order valence-electron chi connectivity index (χ1n) is 10.9. The predicted molar refractivity (Wildman–Crippen MR) is 135 cm³/mol. The summed E-state index contributed by atoms with van der Waals surface area (Å²) in [4.78, 5) is 24.7. The summed E-state index contributed by atoms with van der Waals surface area (Å²) < 4.78 is 27.4. The zero-order chi connectivity index (χ0) is 25.8. The third-order valence-electron chi connectivity index (χ3n) is 5.79. The second kappa shape index (κ2) is 11.0. The number of anilines is 1. The SMILES string of the molecule is CNC(=S)Nc1ccc(C[C@H](NC(=O)[C@@H]2CCCN2S(=O)(=O)c2ccc(C)c(O)c2)C(=O)O)cc1. The first-order valence-corrected chi connectivity index (χ1v) is 12.8. The van der Waals surface area contributed by atoms with Crippen LogP contribution in [0.25, 0.3) is 0 Å². The van der Waals surface area contributed by atoms with Crippen LogP contribution in [-0.2, 0) is 26.0 Å². The molecular formula is C23H28N4O6S2. The minimum Gasteiger partial charge on any atom is -0.508 e. The van der Waals surface area contributed by atoms with Crippen molar-refractivity contribution >= 4 is 44.9 Å². The number of nitrogens with zero attached hydrogens (tertiary/aromatic N) is 1. The van der Waals surface area contributed by atoms with Crippen LogP contribution in [0.1, 0.15) is 24.0 Å². The number of aliphatic carboxylic acids is 1. The smallest absolute Gasteiger partial charge is 0.326 e. The standard InChI is InChI=1S/C23H28N4O6S2/c1-14-5-10-17(13-20(14)28)35(32,33)27-11-3-4-19(27)21(29)26-18(22(30)31)12-15-6-8-16(9-7-15)25-23(34)24-2/h5-10,13,18-19,28H,3-4,11-12H2,1-2H3,(H,26,29)(H,30,31)(H2,24,25,34)/t18-,19-/m0/s1. The summed E-state index contributed by atoms with van der Waals surface area (Å²) >= 11 is 5.05. The molecule has 35 heavy (non-hydrogen) atoms. The van der Waals surface area contributed by atoms with E-state index in [2.05, 4.69) is 16.0 Å². The van der Waals surface area contributed by atoms with Crippen LogP contribution in [0.2, 0.25) is 0 Å². The Balaban J connectivity index is 1.72. The Morgan fingerprint density at radius 1 is 1.20 bits per heavy atom. The molecule has 3 rings (SSSR count). The maximum atomic E-state index is 13.2. The molecule has 1 fully saturated rings. The van der Waals surface area contributed by atoms with Gasteiger partial charge in [0.25, 0.3) is 0 Å². The highest BCUT2D eigenvalue weighted by Crippen LogP contribution is 2.29. The van der Waals surface area contributed by atoms with Gasteiger partial charge in [0, 0.05) is 31.8 Å². The fraction of sp³-hybridized carbons (Fsp3) is 0.348. The molecule has 1 heterocycles. The number of hydrogen-bond acceptors (Lipinski definition) is 6. The molecule has 1 aliphatic heterocycles. The lowest BCUT2D eigenvalue weighted by Gasteiger charge is -2.25. The Morgan fingerprint density at radius 2 is 1.89 bits per heavy atom. The zero-order valence-corrected chi connectivity index (χ0v) is 20.9. The topological polar surface area (TPSA) is 148 Å². The molecule has 188 valence electrons. The van der Waals surface area contributed by atoms with E-state index in [1.54, 1.807) is 38.2 Å². The van der Waals surface area contributed by atoms with Gasteiger partial charge in [-0.2, -0.15) is 4.31 Å². The highest BCUT2D eigenvalue weighted by molar-refractivity contribution is 7.89. The number of benzene rings is 2. The Morgan fingerprint density at radius 3 is 2.49 bits per heavy atom. The summed E-state index contributed by atoms with van der Waals surface area (Å²) in [6.07, 6.45) is 0.736. The largest absolute Gasteiger partial charge is 0.508 e. The van der Waals surface area contributed by atoms with Crippen LogP contribution in [-0.4, -0.2) is 65.6 Å². The lowest BCUT2D eigenvalue weighted by Crippen LogP contribution is -2.51. The minimum absolute atomic E-state index is 0.0170. The van der Waals surface area contributed by atoms with E-state index < -0.39 is 34.0 Å². The number of carboxylic acids is 1. The number of thiocarbonyl (C=S) groups is 1. The number of rotatable bonds is 8. The van der Waals surface area contributed by atoms with Crippen molar-refractivity contribution in [3.8, 4) is 5.75 Å². The van der Waals surface area contributed by atoms with E-state index in [-0.39, 0.29) is 30.0 Å². The molecule has 2 aromatic carbocycles. The van der Waals surface area contributed by atoms with Crippen molar-refractivity contribution < 1.29 is 28.2 Å². The van der Waals surface area contributed by atoms with Gasteiger partial charge in [0.15, 0.2) is 5.11 Å². The zero-order valence-electron chi connectivity index (χ0n) is 19.3. The lowest BCUT2D eigenvalue weighted by molar-refractivity contribution is -0.142. The van der Waals surface area contributed by atoms with Gasteiger partial charge in [-0.15, -0.1) is 0 Å². The molecule has 1 amide bonds. The first-order chi connectivity index (χ1) is 16.5. The van der Waals surface area contributed by atoms with Gasteiger partial charge in [0.1, 0.15) is 17.8 Å². The van der Waals surface area contributed by atoms with Crippen LogP contribution in [0.15, 0.2) is 47.4 Å². The Labute approximate surface area is 209 Å². The molecule has 0 radical (unpaired) electrons. The quantitative estimate of drug-likeness (QED) is 0.327. The lowest BCUT2D eigenvalue weighted by atomic mass is 10.0. The van der Waals surface area contributed by atoms with Crippen molar-refractivity contribution in [1.82, 2.24) is 14.9 Å². The van der Waals surface area contributed by atoms with Crippen LogP contribution >= 0.6 is 12.2 Å². The van der Waals surface area contributed by atoms with Gasteiger partial charge in [-0.3, -0.25) is 4.79 Å². The van der Waals surface area contributed by atoms with Gasteiger partial charge in [0.05, 0.1) is 4.90 Å². The molecule has 0 aliphatic carbocycles. The number of nitrogens with one attached hydrogen (secondary N) is 3. The summed E-state index contributed by atoms with van der Waals surface area (Å²) in [6.45, 7) is 1.76. The van der Waals surface area contributed by atoms with Crippen LogP contribution in [0.5, 0.6) is 5.75 Å². The van der Waals surface area contributed by atoms with E-state index >= 15 is 0 Å². The molecular weight excluding hydrogens is 492 g/mol. The number of carboxylic acid groups (broad SMARTS) is 1. The maximum Gasteiger partial charge on any atom is 0.326 e. The average molecular weight is 521 g/mol. The molecule has 2 atom stereocenters. The molecule has 12 heteroatoms. The fourth-order valence-electron chi connectivity index (χ4n) is 3.80. The molecule has 0 aromatic heterocycles. The maximum absolute atomic E-state index is 13.2. The van der Waals surface area contributed by atoms with Crippen LogP contribution in [0.3, 0.4) is 0 Å². The second-order valence-electron chi connectivity index (χ2n) is 8.23. The van der Waals surface area contributed by atoms with Crippen molar-refractivity contribution in [3.05, 3.63) is 53.6 Å². The normalized spacial score (nSPS) is 16.9. The van der Waals surface area contributed by atoms with Gasteiger partial charge in [-0.1, -0.05) is 18.2 Å². The number of carbonyl (C=O) groups is 2. The van der Waals surface area contributed by atoms with E-state index in [1.165, 1.54) is 12.1 Å². The molecule has 1 aliphatic rings. The number of aryl methyl sites for hydroxylation is 1. The number of carbonyl (C=O) groups excluding carboxylic acids is 1. The Kier molecular flexibility index (Phi) is 8.30. The summed E-state index contributed by atoms with van der Waals surface area (Å²) in [6, 6.07) is 8.65. The van der Waals surface area contributed by atoms with Gasteiger partial charge >= 0.3 is 5.97 Å². The van der Waals surface area contributed by atoms with Crippen LogP contribution < -0.4 is 16.0 Å². The first kappa shape index (κ1) is 26.4. The van der Waals surface area contributed by atoms with E-state index in [4.69, 9.17) is 12.2 Å². The summed E-state index contributed by atoms with van der Waals surface area (Å²) in [5.74, 6) is -2.06. The van der Waals surface area contributed by atoms with E-state index in [0.29, 0.717) is 22.7 Å². The number of hydrogen-bond donors (Lipinski definition) is 5. The third kappa shape index (κ3) is 6.27. The van der Waals surface area contributed by atoms with Crippen molar-refractivity contribution in [2.75, 3.05) is 18.9 Å². The molecule has 2 aromatic rings. The van der Waals surface area contributed by atoms with Crippen LogP contribution in [0.4, 0.5) is 5.69 Å². The molecule has 1 saturated heterocycles. The highest BCUT2D eigenvalue weighted by Gasteiger charge is 2.40. The number of phenolic OH excluding ortho intramolecular Hbond substituents is 1. The molecule has 0 spiro atoms. The van der Waals surface area contributed by atoms with Crippen molar-refractivity contribution in [2.24, 2.45) is 0 Å². The highest BCUT2D eigenvalue weighted by atomic mass is 32.2. The number of phenols is 1. The molecule has 10 nitrogen and oxygen atoms in total. The third-order valence-corrected chi connectivity index (χ3v) is 8.00. The van der Waals surface area contributed by atoms with E-state index in [1.807, 2.05) is 0 Å². The van der Waals surface area contributed by atoms with Crippen molar-refractivity contribution in [2.45, 2.75) is 43.2 Å².